The summed E-state index contributed by atoms with van der Waals surface area (Å²) in [6, 6.07) is 8.46. The van der Waals surface area contributed by atoms with E-state index in [2.05, 4.69) is 60.2 Å². The SMILES string of the molecule is CCc1ccc(C(C)NC(=O)CN2CCN(CC(=O)N3CC(C)CC(C)C3)CC2)cc1. The molecule has 2 fully saturated rings. The van der Waals surface area contributed by atoms with Gasteiger partial charge in [0, 0.05) is 39.3 Å². The second-order valence-electron chi connectivity index (χ2n) is 9.68. The number of carbonyl (C=O) groups is 2. The van der Waals surface area contributed by atoms with Gasteiger partial charge in [-0.15, -0.1) is 0 Å². The van der Waals surface area contributed by atoms with Crippen LogP contribution in [-0.2, 0) is 16.0 Å². The van der Waals surface area contributed by atoms with Crippen molar-refractivity contribution >= 4 is 11.8 Å². The van der Waals surface area contributed by atoms with Crippen molar-refractivity contribution in [2.45, 2.75) is 46.6 Å². The van der Waals surface area contributed by atoms with Gasteiger partial charge in [0.1, 0.15) is 0 Å². The van der Waals surface area contributed by atoms with Crippen molar-refractivity contribution in [3.63, 3.8) is 0 Å². The topological polar surface area (TPSA) is 55.9 Å². The Kier molecular flexibility index (Phi) is 8.50. The Bertz CT molecular complexity index is 718. The average molecular weight is 429 g/mol. The molecule has 2 amide bonds. The molecule has 0 bridgehead atoms. The van der Waals surface area contributed by atoms with Gasteiger partial charge < -0.3 is 10.2 Å². The number of nitrogens with one attached hydrogen (secondary N) is 1. The number of hydrogen-bond donors (Lipinski definition) is 1. The fourth-order valence-electron chi connectivity index (χ4n) is 4.88. The van der Waals surface area contributed by atoms with Crippen LogP contribution in [0.15, 0.2) is 24.3 Å². The van der Waals surface area contributed by atoms with E-state index in [0.29, 0.717) is 24.9 Å². The zero-order chi connectivity index (χ0) is 22.4. The van der Waals surface area contributed by atoms with Crippen LogP contribution in [0, 0.1) is 11.8 Å². The fraction of sp³-hybridized carbons (Fsp3) is 0.680. The van der Waals surface area contributed by atoms with Gasteiger partial charge in [0.05, 0.1) is 19.1 Å². The third-order valence-corrected chi connectivity index (χ3v) is 6.68. The van der Waals surface area contributed by atoms with Gasteiger partial charge in [0.2, 0.25) is 11.8 Å². The van der Waals surface area contributed by atoms with Gasteiger partial charge in [-0.3, -0.25) is 19.4 Å². The van der Waals surface area contributed by atoms with Crippen molar-refractivity contribution in [2.24, 2.45) is 11.8 Å². The first kappa shape index (κ1) is 23.7. The van der Waals surface area contributed by atoms with Crippen LogP contribution in [0.25, 0.3) is 0 Å². The van der Waals surface area contributed by atoms with Gasteiger partial charge in [0.15, 0.2) is 0 Å². The molecule has 0 aliphatic carbocycles. The molecule has 172 valence electrons. The molecule has 31 heavy (non-hydrogen) atoms. The molecule has 0 aromatic heterocycles. The first-order valence-electron chi connectivity index (χ1n) is 11.9. The quantitative estimate of drug-likeness (QED) is 0.725. The molecule has 6 heteroatoms. The highest BCUT2D eigenvalue weighted by Crippen LogP contribution is 2.21. The Morgan fingerprint density at radius 2 is 1.52 bits per heavy atom. The van der Waals surface area contributed by atoms with E-state index in [-0.39, 0.29) is 17.9 Å². The first-order valence-corrected chi connectivity index (χ1v) is 11.9. The molecule has 0 spiro atoms. The molecule has 3 rings (SSSR count). The maximum absolute atomic E-state index is 12.7. The fourth-order valence-corrected chi connectivity index (χ4v) is 4.88. The smallest absolute Gasteiger partial charge is 0.236 e. The van der Waals surface area contributed by atoms with E-state index in [1.165, 1.54) is 12.0 Å². The Morgan fingerprint density at radius 3 is 2.06 bits per heavy atom. The Labute approximate surface area is 188 Å². The highest BCUT2D eigenvalue weighted by atomic mass is 16.2. The highest BCUT2D eigenvalue weighted by molar-refractivity contribution is 5.79. The summed E-state index contributed by atoms with van der Waals surface area (Å²) >= 11 is 0. The van der Waals surface area contributed by atoms with E-state index in [9.17, 15) is 9.59 Å². The number of amides is 2. The van der Waals surface area contributed by atoms with Gasteiger partial charge in [0.25, 0.3) is 0 Å². The molecule has 1 aromatic carbocycles. The van der Waals surface area contributed by atoms with Crippen LogP contribution in [0.3, 0.4) is 0 Å². The van der Waals surface area contributed by atoms with Crippen molar-refractivity contribution in [1.29, 1.82) is 0 Å². The van der Waals surface area contributed by atoms with Crippen molar-refractivity contribution in [2.75, 3.05) is 52.4 Å². The summed E-state index contributed by atoms with van der Waals surface area (Å²) in [5.41, 5.74) is 2.44. The molecule has 1 N–H and O–H groups in total. The molecule has 6 nitrogen and oxygen atoms in total. The van der Waals surface area contributed by atoms with Crippen molar-refractivity contribution < 1.29 is 9.59 Å². The number of carbonyl (C=O) groups excluding carboxylic acids is 2. The predicted molar refractivity (Wildman–Crippen MR) is 125 cm³/mol. The summed E-state index contributed by atoms with van der Waals surface area (Å²) in [4.78, 5) is 31.7. The van der Waals surface area contributed by atoms with E-state index in [1.807, 2.05) is 11.8 Å². The Morgan fingerprint density at radius 1 is 0.968 bits per heavy atom. The summed E-state index contributed by atoms with van der Waals surface area (Å²) in [6.07, 6.45) is 2.24. The highest BCUT2D eigenvalue weighted by Gasteiger charge is 2.27. The molecule has 2 aliphatic heterocycles. The molecule has 0 saturated carbocycles. The predicted octanol–water partition coefficient (Wildman–Crippen LogP) is 2.55. The van der Waals surface area contributed by atoms with Crippen molar-refractivity contribution in [3.05, 3.63) is 35.4 Å². The van der Waals surface area contributed by atoms with Crippen molar-refractivity contribution in [1.82, 2.24) is 20.0 Å². The van der Waals surface area contributed by atoms with Crippen LogP contribution in [0.2, 0.25) is 0 Å². The lowest BCUT2D eigenvalue weighted by atomic mass is 9.92. The maximum Gasteiger partial charge on any atom is 0.236 e. The number of hydrogen-bond acceptors (Lipinski definition) is 4. The minimum atomic E-state index is 0.00615. The standard InChI is InChI=1S/C25H40N4O2/c1-5-22-6-8-23(9-7-22)21(4)26-24(30)17-27-10-12-28(13-11-27)18-25(31)29-15-19(2)14-20(3)16-29/h6-9,19-21H,5,10-18H2,1-4H3,(H,26,30). The van der Waals surface area contributed by atoms with Crippen LogP contribution >= 0.6 is 0 Å². The molecule has 2 aliphatic rings. The summed E-state index contributed by atoms with van der Waals surface area (Å²) < 4.78 is 0. The minimum Gasteiger partial charge on any atom is -0.348 e. The molecular weight excluding hydrogens is 388 g/mol. The minimum absolute atomic E-state index is 0.00615. The summed E-state index contributed by atoms with van der Waals surface area (Å²) in [6.45, 7) is 14.7. The van der Waals surface area contributed by atoms with Crippen LogP contribution in [0.1, 0.15) is 51.3 Å². The van der Waals surface area contributed by atoms with Crippen LogP contribution < -0.4 is 5.32 Å². The Hall–Kier alpha value is -1.92. The monoisotopic (exact) mass is 428 g/mol. The van der Waals surface area contributed by atoms with Crippen LogP contribution in [0.5, 0.6) is 0 Å². The number of piperazine rings is 1. The molecular formula is C25H40N4O2. The molecule has 0 radical (unpaired) electrons. The van der Waals surface area contributed by atoms with Gasteiger partial charge in [-0.05, 0) is 42.7 Å². The lowest BCUT2D eigenvalue weighted by molar-refractivity contribution is -0.135. The molecule has 3 unspecified atom stereocenters. The van der Waals surface area contributed by atoms with Gasteiger partial charge in [-0.2, -0.15) is 0 Å². The molecule has 1 aromatic rings. The third-order valence-electron chi connectivity index (χ3n) is 6.68. The normalized spacial score (nSPS) is 24.1. The zero-order valence-electron chi connectivity index (χ0n) is 19.8. The van der Waals surface area contributed by atoms with Crippen LogP contribution in [0.4, 0.5) is 0 Å². The second-order valence-corrected chi connectivity index (χ2v) is 9.68. The number of likely N-dealkylation sites (tertiary alicyclic amines) is 1. The Balaban J connectivity index is 1.38. The average Bonchev–Trinajstić information content (AvgIpc) is 2.74. The second kappa shape index (κ2) is 11.1. The lowest BCUT2D eigenvalue weighted by Gasteiger charge is -2.38. The van der Waals surface area contributed by atoms with E-state index in [1.54, 1.807) is 0 Å². The number of nitrogens with zero attached hydrogens (tertiary/aromatic N) is 3. The van der Waals surface area contributed by atoms with E-state index < -0.39 is 0 Å². The summed E-state index contributed by atoms with van der Waals surface area (Å²) in [5, 5.41) is 3.12. The molecule has 3 atom stereocenters. The number of piperidine rings is 1. The molecule has 2 heterocycles. The lowest BCUT2D eigenvalue weighted by Crippen LogP contribution is -2.53. The number of aryl methyl sites for hydroxylation is 1. The van der Waals surface area contributed by atoms with Gasteiger partial charge in [-0.25, -0.2) is 0 Å². The number of rotatable bonds is 7. The summed E-state index contributed by atoms with van der Waals surface area (Å²) in [7, 11) is 0. The summed E-state index contributed by atoms with van der Waals surface area (Å²) in [5.74, 6) is 1.51. The van der Waals surface area contributed by atoms with Gasteiger partial charge >= 0.3 is 0 Å². The zero-order valence-corrected chi connectivity index (χ0v) is 19.8. The van der Waals surface area contributed by atoms with E-state index >= 15 is 0 Å². The largest absolute Gasteiger partial charge is 0.348 e. The number of benzene rings is 1. The first-order chi connectivity index (χ1) is 14.8. The van der Waals surface area contributed by atoms with E-state index in [0.717, 1.165) is 51.3 Å². The molecule has 2 saturated heterocycles. The third kappa shape index (κ3) is 7.04. The van der Waals surface area contributed by atoms with E-state index in [4.69, 9.17) is 0 Å². The van der Waals surface area contributed by atoms with Gasteiger partial charge in [-0.1, -0.05) is 45.0 Å². The maximum atomic E-state index is 12.7. The van der Waals surface area contributed by atoms with Crippen molar-refractivity contribution in [3.8, 4) is 0 Å². The van der Waals surface area contributed by atoms with Crippen LogP contribution in [-0.4, -0.2) is 78.9 Å².